The minimum Gasteiger partial charge on any atom is -0.341 e. The van der Waals surface area contributed by atoms with Crippen molar-refractivity contribution in [1.82, 2.24) is 14.2 Å². The number of carbonyl (C=O) groups is 1. The molecule has 5 rings (SSSR count). The minimum absolute atomic E-state index is 0.0119. The fraction of sp³-hybridized carbons (Fsp3) is 0.391. The zero-order valence-corrected chi connectivity index (χ0v) is 19.3. The Labute approximate surface area is 190 Å². The van der Waals surface area contributed by atoms with E-state index in [4.69, 9.17) is 0 Å². The van der Waals surface area contributed by atoms with Gasteiger partial charge in [0.15, 0.2) is 0 Å². The van der Waals surface area contributed by atoms with Gasteiger partial charge in [0.1, 0.15) is 6.54 Å². The van der Waals surface area contributed by atoms with Gasteiger partial charge in [-0.15, -0.1) is 0 Å². The largest absolute Gasteiger partial charge is 0.341 e. The second-order valence-electron chi connectivity index (χ2n) is 8.44. The number of fused-ring (bicyclic) bond motifs is 2. The van der Waals surface area contributed by atoms with Crippen LogP contribution < -0.4 is 9.60 Å². The summed E-state index contributed by atoms with van der Waals surface area (Å²) in [5, 5.41) is 0. The molecular weight excluding hydrogens is 446 g/mol. The molecule has 2 aliphatic rings. The lowest BCUT2D eigenvalue weighted by Crippen LogP contribution is -2.33. The molecule has 1 fully saturated rings. The fourth-order valence-electron chi connectivity index (χ4n) is 4.70. The highest BCUT2D eigenvalue weighted by Crippen LogP contribution is 2.31. The molecule has 0 bridgehead atoms. The SMILES string of the molecule is O=C(Cn1c(=O)sc2cc(S(=O)(=O)N[C@H]3CCCc4ccccc43)ccc21)N1CCCC1. The first-order chi connectivity index (χ1) is 15.4. The van der Waals surface area contributed by atoms with Crippen molar-refractivity contribution in [3.05, 3.63) is 63.3 Å². The summed E-state index contributed by atoms with van der Waals surface area (Å²) >= 11 is 0.973. The molecule has 1 aromatic heterocycles. The summed E-state index contributed by atoms with van der Waals surface area (Å²) in [6, 6.07) is 12.4. The standard InChI is InChI=1S/C23H25N3O4S2/c27-22(25-12-3-4-13-25)15-26-20-11-10-17(14-21(20)31-23(26)28)32(29,30)24-19-9-5-7-16-6-1-2-8-18(16)19/h1-2,6,8,10-11,14,19,24H,3-5,7,9,12-13,15H2/t19-/m0/s1. The molecule has 7 nitrogen and oxygen atoms in total. The molecule has 1 aliphatic carbocycles. The van der Waals surface area contributed by atoms with Gasteiger partial charge in [0.25, 0.3) is 0 Å². The highest BCUT2D eigenvalue weighted by atomic mass is 32.2. The summed E-state index contributed by atoms with van der Waals surface area (Å²) in [7, 11) is -3.76. The number of aromatic nitrogens is 1. The van der Waals surface area contributed by atoms with Gasteiger partial charge in [-0.05, 0) is 61.4 Å². The Bertz CT molecular complexity index is 1340. The number of hydrogen-bond acceptors (Lipinski definition) is 5. The lowest BCUT2D eigenvalue weighted by atomic mass is 9.88. The Kier molecular flexibility index (Phi) is 5.65. The molecule has 32 heavy (non-hydrogen) atoms. The Morgan fingerprint density at radius 2 is 1.88 bits per heavy atom. The van der Waals surface area contributed by atoms with Gasteiger partial charge >= 0.3 is 4.87 Å². The Morgan fingerprint density at radius 1 is 1.09 bits per heavy atom. The van der Waals surface area contributed by atoms with Crippen LogP contribution in [0.2, 0.25) is 0 Å². The molecule has 1 amide bonds. The molecule has 1 N–H and O–H groups in total. The van der Waals surface area contributed by atoms with Crippen molar-refractivity contribution in [2.75, 3.05) is 13.1 Å². The van der Waals surface area contributed by atoms with E-state index in [-0.39, 0.29) is 28.3 Å². The lowest BCUT2D eigenvalue weighted by molar-refractivity contribution is -0.130. The van der Waals surface area contributed by atoms with Crippen LogP contribution in [0.3, 0.4) is 0 Å². The number of likely N-dealkylation sites (tertiary alicyclic amines) is 1. The van der Waals surface area contributed by atoms with Crippen molar-refractivity contribution in [3.8, 4) is 0 Å². The van der Waals surface area contributed by atoms with Gasteiger partial charge in [0.05, 0.1) is 15.1 Å². The number of benzene rings is 2. The van der Waals surface area contributed by atoms with E-state index in [0.29, 0.717) is 10.2 Å². The maximum atomic E-state index is 13.1. The molecule has 3 aromatic rings. The summed E-state index contributed by atoms with van der Waals surface area (Å²) in [6.45, 7) is 1.45. The van der Waals surface area contributed by atoms with E-state index < -0.39 is 10.0 Å². The van der Waals surface area contributed by atoms with E-state index in [1.54, 1.807) is 11.0 Å². The van der Waals surface area contributed by atoms with Gasteiger partial charge in [0.2, 0.25) is 15.9 Å². The number of thiazole rings is 1. The summed E-state index contributed by atoms with van der Waals surface area (Å²) in [4.78, 5) is 26.7. The first-order valence-corrected chi connectivity index (χ1v) is 13.2. The van der Waals surface area contributed by atoms with Gasteiger partial charge < -0.3 is 4.90 Å². The van der Waals surface area contributed by atoms with Gasteiger partial charge in [0, 0.05) is 19.1 Å². The van der Waals surface area contributed by atoms with Crippen LogP contribution in [-0.2, 0) is 27.8 Å². The molecule has 2 heterocycles. The summed E-state index contributed by atoms with van der Waals surface area (Å²) in [5.41, 5.74) is 2.80. The van der Waals surface area contributed by atoms with Gasteiger partial charge in [-0.1, -0.05) is 35.6 Å². The Morgan fingerprint density at radius 3 is 2.69 bits per heavy atom. The minimum atomic E-state index is -3.76. The van der Waals surface area contributed by atoms with E-state index in [0.717, 1.165) is 62.1 Å². The molecule has 2 aromatic carbocycles. The Hall–Kier alpha value is -2.49. The number of hydrogen-bond donors (Lipinski definition) is 1. The van der Waals surface area contributed by atoms with Crippen molar-refractivity contribution < 1.29 is 13.2 Å². The van der Waals surface area contributed by atoms with Crippen LogP contribution in [-0.4, -0.2) is 36.9 Å². The first kappa shape index (κ1) is 21.4. The highest BCUT2D eigenvalue weighted by Gasteiger charge is 2.26. The third-order valence-electron chi connectivity index (χ3n) is 6.37. The van der Waals surface area contributed by atoms with Gasteiger partial charge in [-0.2, -0.15) is 0 Å². The van der Waals surface area contributed by atoms with E-state index >= 15 is 0 Å². The van der Waals surface area contributed by atoms with Crippen LogP contribution in [0, 0.1) is 0 Å². The average Bonchev–Trinajstić information content (AvgIpc) is 3.42. The number of aryl methyl sites for hydroxylation is 1. The molecule has 1 aliphatic heterocycles. The molecular formula is C23H25N3O4S2. The summed E-state index contributed by atoms with van der Waals surface area (Å²) < 4.78 is 31.2. The normalized spacial score (nSPS) is 18.8. The lowest BCUT2D eigenvalue weighted by Gasteiger charge is -2.26. The fourth-order valence-corrected chi connectivity index (χ4v) is 6.98. The number of rotatable bonds is 5. The molecule has 168 valence electrons. The van der Waals surface area contributed by atoms with Crippen molar-refractivity contribution in [2.24, 2.45) is 0 Å². The van der Waals surface area contributed by atoms with E-state index in [1.807, 2.05) is 24.3 Å². The van der Waals surface area contributed by atoms with Crippen LogP contribution in [0.1, 0.15) is 42.9 Å². The average molecular weight is 472 g/mol. The second kappa shape index (κ2) is 8.46. The Balaban J connectivity index is 1.41. The van der Waals surface area contributed by atoms with Crippen LogP contribution >= 0.6 is 11.3 Å². The third kappa shape index (κ3) is 4.00. The van der Waals surface area contributed by atoms with Crippen molar-refractivity contribution >= 4 is 37.5 Å². The molecule has 0 radical (unpaired) electrons. The zero-order valence-electron chi connectivity index (χ0n) is 17.6. The number of sulfonamides is 1. The maximum Gasteiger partial charge on any atom is 0.308 e. The first-order valence-electron chi connectivity index (χ1n) is 10.9. The molecule has 0 saturated carbocycles. The second-order valence-corrected chi connectivity index (χ2v) is 11.1. The monoisotopic (exact) mass is 471 g/mol. The summed E-state index contributed by atoms with van der Waals surface area (Å²) in [5.74, 6) is -0.0707. The topological polar surface area (TPSA) is 88.5 Å². The maximum absolute atomic E-state index is 13.1. The van der Waals surface area contributed by atoms with Crippen LogP contribution in [0.25, 0.3) is 10.2 Å². The molecule has 0 spiro atoms. The third-order valence-corrected chi connectivity index (χ3v) is 8.78. The van der Waals surface area contributed by atoms with E-state index in [1.165, 1.54) is 22.3 Å². The number of carbonyl (C=O) groups excluding carboxylic acids is 1. The van der Waals surface area contributed by atoms with Crippen LogP contribution in [0.15, 0.2) is 52.2 Å². The molecule has 1 saturated heterocycles. The van der Waals surface area contributed by atoms with E-state index in [2.05, 4.69) is 4.72 Å². The number of amides is 1. The molecule has 9 heteroatoms. The number of nitrogens with zero attached hydrogens (tertiary/aromatic N) is 2. The number of nitrogens with one attached hydrogen (secondary N) is 1. The summed E-state index contributed by atoms with van der Waals surface area (Å²) in [6.07, 6.45) is 4.62. The predicted octanol–water partition coefficient (Wildman–Crippen LogP) is 3.04. The van der Waals surface area contributed by atoms with Crippen molar-refractivity contribution in [2.45, 2.75) is 49.6 Å². The zero-order chi connectivity index (χ0) is 22.3. The smallest absolute Gasteiger partial charge is 0.308 e. The van der Waals surface area contributed by atoms with Crippen LogP contribution in [0.4, 0.5) is 0 Å². The van der Waals surface area contributed by atoms with E-state index in [9.17, 15) is 18.0 Å². The van der Waals surface area contributed by atoms with Crippen molar-refractivity contribution in [3.63, 3.8) is 0 Å². The van der Waals surface area contributed by atoms with Crippen molar-refractivity contribution in [1.29, 1.82) is 0 Å². The molecule has 1 atom stereocenters. The molecule has 0 unspecified atom stereocenters. The van der Waals surface area contributed by atoms with Crippen LogP contribution in [0.5, 0.6) is 0 Å². The van der Waals surface area contributed by atoms with Gasteiger partial charge in [-0.25, -0.2) is 13.1 Å². The highest BCUT2D eigenvalue weighted by molar-refractivity contribution is 7.89. The van der Waals surface area contributed by atoms with Gasteiger partial charge in [-0.3, -0.25) is 14.2 Å². The predicted molar refractivity (Wildman–Crippen MR) is 124 cm³/mol. The quantitative estimate of drug-likeness (QED) is 0.620.